The molecule has 0 saturated carbocycles. The highest BCUT2D eigenvalue weighted by Gasteiger charge is 2.55. The van der Waals surface area contributed by atoms with E-state index in [0.717, 1.165) is 27.1 Å². The first kappa shape index (κ1) is 54.0. The van der Waals surface area contributed by atoms with E-state index in [2.05, 4.69) is 5.32 Å². The normalized spacial score (nSPS) is 24.7. The number of esters is 2. The molecule has 10 atom stereocenters. The zero-order valence-electron chi connectivity index (χ0n) is 38.2. The molecule has 2 heterocycles. The van der Waals surface area contributed by atoms with Crippen LogP contribution in [0.4, 0.5) is 4.79 Å². The Morgan fingerprint density at radius 1 is 0.681 bits per heavy atom. The second-order valence-electron chi connectivity index (χ2n) is 16.5. The van der Waals surface area contributed by atoms with E-state index in [4.69, 9.17) is 77.4 Å². The first-order chi connectivity index (χ1) is 33.1. The molecule has 2 fully saturated rings. The summed E-state index contributed by atoms with van der Waals surface area (Å²) < 4.78 is 54.4. The van der Waals surface area contributed by atoms with Gasteiger partial charge in [-0.15, -0.1) is 0 Å². The molecule has 0 aromatic heterocycles. The van der Waals surface area contributed by atoms with Crippen molar-refractivity contribution in [3.8, 4) is 0 Å². The van der Waals surface area contributed by atoms with E-state index in [1.54, 1.807) is 0 Å². The standard InChI is InChI=1S/C50H56Cl3NO14S/c1-31-19-22-37(23-20-31)69-48-41(54-49(59)63-30-50(51,52)53)45(64-33(3)56)44(39(66-48)29-61-26-35-15-9-5-10-16-35)68-47-46(67-40(57)24-21-32(2)55)42(58)43(62-27-36-17-11-6-12-18-36)38(65-47)28-60-25-34-13-7-4-8-14-34/h4-20,22-23,38-39,41-48,58H,21,24-30H2,1-3H3,(H,54,59)/t38-,39-,41-,42+,43+,44-,45-,46-,47+,48+/m1/s1. The van der Waals surface area contributed by atoms with Gasteiger partial charge >= 0.3 is 18.0 Å². The summed E-state index contributed by atoms with van der Waals surface area (Å²) in [6.45, 7) is 3.87. The number of alkyl carbamates (subject to hydrolysis) is 1. The summed E-state index contributed by atoms with van der Waals surface area (Å²) in [7, 11) is 0. The quantitative estimate of drug-likeness (QED) is 0.0439. The lowest BCUT2D eigenvalue weighted by Crippen LogP contribution is -2.68. The molecule has 0 radical (unpaired) electrons. The Morgan fingerprint density at radius 2 is 1.23 bits per heavy atom. The number of hydrogen-bond acceptors (Lipinski definition) is 15. The molecule has 2 aliphatic heterocycles. The molecule has 4 aromatic rings. The number of thioether (sulfide) groups is 1. The van der Waals surface area contributed by atoms with E-state index in [0.29, 0.717) is 0 Å². The Balaban J connectivity index is 1.39. The molecule has 1 amide bonds. The minimum Gasteiger partial charge on any atom is -0.457 e. The van der Waals surface area contributed by atoms with Crippen molar-refractivity contribution in [2.75, 3.05) is 19.8 Å². The van der Waals surface area contributed by atoms with Crippen molar-refractivity contribution >= 4 is 70.4 Å². The summed E-state index contributed by atoms with van der Waals surface area (Å²) in [5.74, 6) is -1.86. The maximum atomic E-state index is 13.6. The molecular formula is C50H56Cl3NO14S. The number of carbonyl (C=O) groups is 4. The number of ketones is 1. The first-order valence-corrected chi connectivity index (χ1v) is 24.3. The number of rotatable bonds is 22. The highest BCUT2D eigenvalue weighted by Crippen LogP contribution is 2.39. The van der Waals surface area contributed by atoms with Crippen molar-refractivity contribution in [1.29, 1.82) is 0 Å². The molecule has 4 aromatic carbocycles. The number of alkyl halides is 3. The fourth-order valence-electron chi connectivity index (χ4n) is 7.48. The minimum absolute atomic E-state index is 0.0330. The molecule has 15 nitrogen and oxygen atoms in total. The fourth-order valence-corrected chi connectivity index (χ4v) is 8.77. The van der Waals surface area contributed by atoms with E-state index in [-0.39, 0.29) is 51.7 Å². The van der Waals surface area contributed by atoms with Crippen LogP contribution in [0, 0.1) is 6.92 Å². The van der Waals surface area contributed by atoms with Gasteiger partial charge < -0.3 is 57.8 Å². The predicted octanol–water partition coefficient (Wildman–Crippen LogP) is 7.98. The van der Waals surface area contributed by atoms with Gasteiger partial charge in [0.2, 0.25) is 3.79 Å². The SMILES string of the molecule is CC(=O)CCC(=O)O[C@H]1[C@H](O[C@H]2[C@H](OC(C)=O)[C@@H](NC(=O)OCC(Cl)(Cl)Cl)[C@H](Sc3ccc(C)cc3)O[C@@H]2COCc2ccccc2)O[C@H](COCc2ccccc2)[C@H](OCc2ccccc2)[C@@H]1O. The molecule has 0 spiro atoms. The fraction of sp³-hybridized carbons (Fsp3) is 0.440. The molecule has 0 aliphatic carbocycles. The van der Waals surface area contributed by atoms with Gasteiger partial charge in [0.1, 0.15) is 54.4 Å². The third-order valence-electron chi connectivity index (χ3n) is 10.8. The zero-order chi connectivity index (χ0) is 49.3. The highest BCUT2D eigenvalue weighted by molar-refractivity contribution is 7.99. The van der Waals surface area contributed by atoms with Gasteiger partial charge in [-0.05, 0) is 42.7 Å². The number of aryl methyl sites for hydroxylation is 1. The van der Waals surface area contributed by atoms with E-state index < -0.39 is 88.9 Å². The maximum absolute atomic E-state index is 13.6. The number of halogens is 3. The van der Waals surface area contributed by atoms with Crippen LogP contribution in [0.15, 0.2) is 120 Å². The summed E-state index contributed by atoms with van der Waals surface area (Å²) in [5, 5.41) is 15.1. The van der Waals surface area contributed by atoms with Gasteiger partial charge in [-0.1, -0.05) is 155 Å². The average Bonchev–Trinajstić information content (AvgIpc) is 3.32. The summed E-state index contributed by atoms with van der Waals surface area (Å²) >= 11 is 19.0. The van der Waals surface area contributed by atoms with E-state index >= 15 is 0 Å². The number of aliphatic hydroxyl groups is 1. The second-order valence-corrected chi connectivity index (χ2v) is 20.2. The summed E-state index contributed by atoms with van der Waals surface area (Å²) in [4.78, 5) is 53.0. The number of amides is 1. The van der Waals surface area contributed by atoms with E-state index in [1.165, 1.54) is 25.6 Å². The van der Waals surface area contributed by atoms with Crippen molar-refractivity contribution in [1.82, 2.24) is 5.32 Å². The van der Waals surface area contributed by atoms with Crippen molar-refractivity contribution in [3.05, 3.63) is 138 Å². The Kier molecular flexibility index (Phi) is 21.0. The van der Waals surface area contributed by atoms with Crippen molar-refractivity contribution in [2.45, 2.75) is 123 Å². The molecular weight excluding hydrogens is 977 g/mol. The van der Waals surface area contributed by atoms with E-state index in [1.807, 2.05) is 122 Å². The van der Waals surface area contributed by atoms with Crippen LogP contribution in [-0.4, -0.2) is 113 Å². The number of nitrogens with one attached hydrogen (secondary N) is 1. The molecule has 2 saturated heterocycles. The number of aliphatic hydroxyl groups excluding tert-OH is 1. The van der Waals surface area contributed by atoms with Gasteiger partial charge in [0.05, 0.1) is 39.5 Å². The largest absolute Gasteiger partial charge is 0.457 e. The van der Waals surface area contributed by atoms with Crippen molar-refractivity contribution in [2.24, 2.45) is 0 Å². The summed E-state index contributed by atoms with van der Waals surface area (Å²) in [6, 6.07) is 34.3. The van der Waals surface area contributed by atoms with Crippen molar-refractivity contribution in [3.63, 3.8) is 0 Å². The predicted molar refractivity (Wildman–Crippen MR) is 256 cm³/mol. The van der Waals surface area contributed by atoms with Crippen LogP contribution >= 0.6 is 46.6 Å². The monoisotopic (exact) mass is 1030 g/mol. The van der Waals surface area contributed by atoms with Gasteiger partial charge in [0.25, 0.3) is 0 Å². The lowest BCUT2D eigenvalue weighted by atomic mass is 9.95. The van der Waals surface area contributed by atoms with Gasteiger partial charge in [-0.3, -0.25) is 9.59 Å². The number of carbonyl (C=O) groups excluding carboxylic acids is 4. The Morgan fingerprint density at radius 3 is 1.77 bits per heavy atom. The van der Waals surface area contributed by atoms with Gasteiger partial charge in [-0.2, -0.15) is 0 Å². The Labute approximate surface area is 420 Å². The average molecular weight is 1030 g/mol. The van der Waals surface area contributed by atoms with Crippen LogP contribution in [0.25, 0.3) is 0 Å². The maximum Gasteiger partial charge on any atom is 0.407 e. The molecule has 69 heavy (non-hydrogen) atoms. The van der Waals surface area contributed by atoms with Gasteiger partial charge in [0, 0.05) is 18.2 Å². The molecule has 2 N–H and O–H groups in total. The third-order valence-corrected chi connectivity index (χ3v) is 12.3. The van der Waals surface area contributed by atoms with Crippen LogP contribution in [0.1, 0.15) is 48.9 Å². The van der Waals surface area contributed by atoms with Crippen LogP contribution < -0.4 is 5.32 Å². The minimum atomic E-state index is -1.96. The smallest absolute Gasteiger partial charge is 0.407 e. The lowest BCUT2D eigenvalue weighted by molar-refractivity contribution is -0.341. The Hall–Kier alpha value is -4.30. The van der Waals surface area contributed by atoms with Gasteiger partial charge in [0.15, 0.2) is 18.5 Å². The lowest BCUT2D eigenvalue weighted by Gasteiger charge is -2.49. The second kappa shape index (κ2) is 26.8. The number of benzene rings is 4. The Bertz CT molecular complexity index is 2230. The third kappa shape index (κ3) is 17.5. The topological polar surface area (TPSA) is 184 Å². The van der Waals surface area contributed by atoms with Gasteiger partial charge in [-0.25, -0.2) is 4.79 Å². The molecule has 2 aliphatic rings. The molecule has 6 rings (SSSR count). The molecule has 372 valence electrons. The summed E-state index contributed by atoms with van der Waals surface area (Å²) in [6.07, 6.45) is -12.5. The molecule has 0 unspecified atom stereocenters. The summed E-state index contributed by atoms with van der Waals surface area (Å²) in [5.41, 5.74) is 2.48. The zero-order valence-corrected chi connectivity index (χ0v) is 41.3. The van der Waals surface area contributed by atoms with Crippen LogP contribution in [0.3, 0.4) is 0 Å². The first-order valence-electron chi connectivity index (χ1n) is 22.2. The molecule has 0 bridgehead atoms. The highest BCUT2D eigenvalue weighted by atomic mass is 35.6. The van der Waals surface area contributed by atoms with Crippen LogP contribution in [-0.2, 0) is 76.8 Å². The number of Topliss-reactive ketones (excluding diaryl/α,β-unsaturated/α-hetero) is 1. The van der Waals surface area contributed by atoms with Crippen LogP contribution in [0.2, 0.25) is 0 Å². The van der Waals surface area contributed by atoms with E-state index in [9.17, 15) is 24.3 Å². The van der Waals surface area contributed by atoms with Crippen molar-refractivity contribution < 1.29 is 66.9 Å². The van der Waals surface area contributed by atoms with Crippen LogP contribution in [0.5, 0.6) is 0 Å². The number of ether oxygens (including phenoxy) is 9. The molecule has 19 heteroatoms. The number of hydrogen-bond donors (Lipinski definition) is 2.